The number of nitrogens with zero attached hydrogens (tertiary/aromatic N) is 5. The highest BCUT2D eigenvalue weighted by atomic mass is 35.5. The van der Waals surface area contributed by atoms with E-state index in [9.17, 15) is 22.0 Å². The van der Waals surface area contributed by atoms with Gasteiger partial charge in [-0.05, 0) is 84.7 Å². The third-order valence-electron chi connectivity index (χ3n) is 11.6. The molecule has 3 aromatic heterocycles. The smallest absolute Gasteiger partial charge is 0.268 e. The quantitative estimate of drug-likeness (QED) is 0.118. The molecular weight excluding hydrogens is 847 g/mol. The first-order chi connectivity index (χ1) is 29.2. The van der Waals surface area contributed by atoms with E-state index in [-0.39, 0.29) is 45.6 Å². The van der Waals surface area contributed by atoms with Gasteiger partial charge < -0.3 is 19.4 Å². The lowest BCUT2D eigenvalue weighted by molar-refractivity contribution is 0.0926. The van der Waals surface area contributed by atoms with Gasteiger partial charge in [0.25, 0.3) is 22.4 Å². The van der Waals surface area contributed by atoms with Gasteiger partial charge in [-0.3, -0.25) is 14.6 Å². The van der Waals surface area contributed by atoms with Crippen LogP contribution in [0.1, 0.15) is 55.5 Å². The van der Waals surface area contributed by atoms with Crippen LogP contribution >= 0.6 is 23.2 Å². The van der Waals surface area contributed by atoms with Crippen LogP contribution in [0.15, 0.2) is 89.7 Å². The Morgan fingerprint density at radius 2 is 1.77 bits per heavy atom. The molecule has 322 valence electrons. The standard InChI is InChI=1S/C44H47Cl2F2N7O5S/c1-44(2)12-9-30(37(22-44)28-3-5-31(45)6-4-28)25-53-15-17-55(18-16-53)32-7-8-36(39(20-32)59-34-19-29-10-13-49-41(29)50-23-34)42(56)52-61(57,58)35-21-38(46)43(51-24-35)60-33-11-14-54(26-33)27-40(47)48/h3-8,10,13,19-21,23-24,33,40H,9,11-12,14-18,22,25-27H2,1-2H3,(H,49,50)(H,52,56). The van der Waals surface area contributed by atoms with E-state index in [0.717, 1.165) is 80.3 Å². The number of anilines is 1. The van der Waals surface area contributed by atoms with E-state index < -0.39 is 28.5 Å². The largest absolute Gasteiger partial charge is 0.472 e. The van der Waals surface area contributed by atoms with Crippen molar-refractivity contribution in [2.45, 2.75) is 57.0 Å². The molecule has 3 aliphatic rings. The molecule has 1 unspecified atom stereocenters. The lowest BCUT2D eigenvalue weighted by atomic mass is 9.72. The van der Waals surface area contributed by atoms with Crippen molar-refractivity contribution in [3.8, 4) is 17.4 Å². The number of nitrogens with one attached hydrogen (secondary N) is 2. The molecule has 0 radical (unpaired) electrons. The molecule has 1 atom stereocenters. The molecule has 0 spiro atoms. The summed E-state index contributed by atoms with van der Waals surface area (Å²) in [5, 5.41) is 1.42. The van der Waals surface area contributed by atoms with E-state index in [2.05, 4.69) is 55.5 Å². The van der Waals surface area contributed by atoms with Crippen molar-refractivity contribution in [3.05, 3.63) is 106 Å². The highest BCUT2D eigenvalue weighted by Gasteiger charge is 2.31. The first-order valence-electron chi connectivity index (χ1n) is 20.3. The lowest BCUT2D eigenvalue weighted by Crippen LogP contribution is -2.47. The number of piperazine rings is 1. The molecular formula is C44H47Cl2F2N7O5S. The number of alkyl halides is 2. The van der Waals surface area contributed by atoms with E-state index >= 15 is 0 Å². The molecule has 2 aliphatic heterocycles. The maximum atomic E-state index is 13.9. The van der Waals surface area contributed by atoms with Gasteiger partial charge in [0, 0.05) is 74.2 Å². The number of amides is 1. The SMILES string of the molecule is CC1(C)CCC(CN2CCN(c3ccc(C(=O)NS(=O)(=O)c4cnc(OC5CCN(CC(F)F)C5)c(Cl)c4)c(Oc4cnc5[nH]ccc5c4)c3)CC2)=C(c2ccc(Cl)cc2)C1. The van der Waals surface area contributed by atoms with Crippen LogP contribution in [-0.4, -0.2) is 104 Å². The fourth-order valence-electron chi connectivity index (χ4n) is 8.27. The average Bonchev–Trinajstić information content (AvgIpc) is 3.88. The molecule has 1 amide bonds. The molecule has 12 nitrogen and oxygen atoms in total. The van der Waals surface area contributed by atoms with E-state index in [1.807, 2.05) is 18.2 Å². The summed E-state index contributed by atoms with van der Waals surface area (Å²) in [7, 11) is -4.48. The van der Waals surface area contributed by atoms with Crippen LogP contribution in [0, 0.1) is 5.41 Å². The Labute approximate surface area is 363 Å². The van der Waals surface area contributed by atoms with Gasteiger partial charge in [0.15, 0.2) is 0 Å². The van der Waals surface area contributed by atoms with E-state index in [1.165, 1.54) is 22.9 Å². The predicted octanol–water partition coefficient (Wildman–Crippen LogP) is 8.68. The third-order valence-corrected chi connectivity index (χ3v) is 13.4. The Morgan fingerprint density at radius 1 is 0.984 bits per heavy atom. The number of aromatic amines is 1. The Bertz CT molecular complexity index is 2550. The van der Waals surface area contributed by atoms with Crippen molar-refractivity contribution in [1.29, 1.82) is 0 Å². The minimum atomic E-state index is -4.48. The number of benzene rings is 2. The van der Waals surface area contributed by atoms with Crippen LogP contribution in [0.3, 0.4) is 0 Å². The average molecular weight is 895 g/mol. The number of likely N-dealkylation sites (tertiary alicyclic amines) is 1. The first-order valence-corrected chi connectivity index (χ1v) is 22.5. The summed E-state index contributed by atoms with van der Waals surface area (Å²) in [5.74, 6) is -0.459. The van der Waals surface area contributed by atoms with Gasteiger partial charge in [0.05, 0.1) is 24.5 Å². The minimum absolute atomic E-state index is 0.0180. The molecule has 0 bridgehead atoms. The summed E-state index contributed by atoms with van der Waals surface area (Å²) in [6.07, 6.45) is 5.10. The molecule has 8 rings (SSSR count). The van der Waals surface area contributed by atoms with Crippen molar-refractivity contribution in [3.63, 3.8) is 0 Å². The fourth-order valence-corrected chi connectivity index (χ4v) is 9.61. The van der Waals surface area contributed by atoms with Crippen LogP contribution < -0.4 is 19.1 Å². The van der Waals surface area contributed by atoms with Crippen molar-refractivity contribution in [1.82, 2.24) is 29.5 Å². The van der Waals surface area contributed by atoms with Gasteiger partial charge in [0.1, 0.15) is 33.2 Å². The predicted molar refractivity (Wildman–Crippen MR) is 233 cm³/mol. The number of allylic oxidation sites excluding steroid dienone is 1. The van der Waals surface area contributed by atoms with E-state index in [1.54, 1.807) is 35.4 Å². The van der Waals surface area contributed by atoms with Crippen LogP contribution in [-0.2, 0) is 10.0 Å². The molecule has 1 aliphatic carbocycles. The van der Waals surface area contributed by atoms with Crippen molar-refractivity contribution in [2.75, 3.05) is 57.3 Å². The number of fused-ring (bicyclic) bond motifs is 1. The molecule has 61 heavy (non-hydrogen) atoms. The summed E-state index contributed by atoms with van der Waals surface area (Å²) < 4.78 is 67.1. The van der Waals surface area contributed by atoms with Gasteiger partial charge in [-0.15, -0.1) is 0 Å². The van der Waals surface area contributed by atoms with Crippen LogP contribution in [0.2, 0.25) is 10.0 Å². The summed E-state index contributed by atoms with van der Waals surface area (Å²) >= 11 is 12.6. The number of halogens is 4. The second-order valence-corrected chi connectivity index (χ2v) is 19.2. The number of H-pyrrole nitrogens is 1. The van der Waals surface area contributed by atoms with Crippen LogP contribution in [0.5, 0.6) is 17.4 Å². The number of pyridine rings is 2. The third kappa shape index (κ3) is 10.3. The number of ether oxygens (including phenoxy) is 2. The van der Waals surface area contributed by atoms with Crippen molar-refractivity contribution < 1.29 is 31.5 Å². The molecule has 0 saturated carbocycles. The summed E-state index contributed by atoms with van der Waals surface area (Å²) in [4.78, 5) is 31.3. The highest BCUT2D eigenvalue weighted by molar-refractivity contribution is 7.90. The molecule has 2 fully saturated rings. The Balaban J connectivity index is 0.980. The van der Waals surface area contributed by atoms with Crippen molar-refractivity contribution in [2.24, 2.45) is 5.41 Å². The molecule has 17 heteroatoms. The maximum absolute atomic E-state index is 13.9. The van der Waals surface area contributed by atoms with Crippen molar-refractivity contribution >= 4 is 61.4 Å². The zero-order valence-corrected chi connectivity index (χ0v) is 36.2. The van der Waals surface area contributed by atoms with E-state index in [0.29, 0.717) is 24.4 Å². The Kier molecular flexibility index (Phi) is 12.6. The maximum Gasteiger partial charge on any atom is 0.268 e. The monoisotopic (exact) mass is 893 g/mol. The second-order valence-electron chi connectivity index (χ2n) is 16.6. The summed E-state index contributed by atoms with van der Waals surface area (Å²) in [6.45, 7) is 8.98. The molecule has 2 saturated heterocycles. The van der Waals surface area contributed by atoms with Gasteiger partial charge in [-0.25, -0.2) is 31.9 Å². The highest BCUT2D eigenvalue weighted by Crippen LogP contribution is 2.43. The zero-order chi connectivity index (χ0) is 42.9. The van der Waals surface area contributed by atoms with Gasteiger partial charge in [-0.1, -0.05) is 54.8 Å². The fraction of sp³-hybridized carbons (Fsp3) is 0.386. The first kappa shape index (κ1) is 42.9. The Morgan fingerprint density at radius 3 is 2.52 bits per heavy atom. The number of hydrogen-bond donors (Lipinski definition) is 2. The number of carbonyl (C=O) groups excluding carboxylic acids is 1. The second kappa shape index (κ2) is 17.9. The molecule has 5 aromatic rings. The Hall–Kier alpha value is -4.80. The topological polar surface area (TPSA) is 133 Å². The normalized spacial score (nSPS) is 18.9. The molecule has 2 N–H and O–H groups in total. The number of carbonyl (C=O) groups is 1. The summed E-state index contributed by atoms with van der Waals surface area (Å²) in [6, 6.07) is 18.0. The summed E-state index contributed by atoms with van der Waals surface area (Å²) in [5.41, 5.74) is 5.79. The number of sulfonamides is 1. The molecule has 2 aromatic carbocycles. The van der Waals surface area contributed by atoms with Crippen LogP contribution in [0.4, 0.5) is 14.5 Å². The van der Waals surface area contributed by atoms with Gasteiger partial charge in [0.2, 0.25) is 5.88 Å². The number of rotatable bonds is 13. The van der Waals surface area contributed by atoms with Gasteiger partial charge in [-0.2, -0.15) is 0 Å². The number of hydrogen-bond acceptors (Lipinski definition) is 10. The van der Waals surface area contributed by atoms with E-state index in [4.69, 9.17) is 32.7 Å². The van der Waals surface area contributed by atoms with Gasteiger partial charge >= 0.3 is 0 Å². The number of aromatic nitrogens is 3. The van der Waals surface area contributed by atoms with Crippen LogP contribution in [0.25, 0.3) is 16.6 Å². The minimum Gasteiger partial charge on any atom is -0.472 e. The lowest BCUT2D eigenvalue weighted by Gasteiger charge is -2.39. The molecule has 5 heterocycles. The zero-order valence-electron chi connectivity index (χ0n) is 33.8.